The van der Waals surface area contributed by atoms with Gasteiger partial charge in [0.25, 0.3) is 0 Å². The lowest BCUT2D eigenvalue weighted by atomic mass is 9.94. The minimum absolute atomic E-state index is 0.208. The molecule has 0 heterocycles. The van der Waals surface area contributed by atoms with Gasteiger partial charge in [-0.05, 0) is 12.0 Å². The predicted octanol–water partition coefficient (Wildman–Crippen LogP) is 0.759. The van der Waals surface area contributed by atoms with Gasteiger partial charge in [-0.1, -0.05) is 25.2 Å². The molecule has 3 nitrogen and oxygen atoms in total. The van der Waals surface area contributed by atoms with Gasteiger partial charge in [-0.15, -0.1) is 0 Å². The topological polar surface area (TPSA) is 51.2 Å². The molecular weight excluding hydrogens is 188 g/mol. The summed E-state index contributed by atoms with van der Waals surface area (Å²) in [5, 5.41) is 0. The molecule has 0 radical (unpaired) electrons. The first-order chi connectivity index (χ1) is 6.20. The van der Waals surface area contributed by atoms with Crippen LogP contribution in [0.15, 0.2) is 23.8 Å². The van der Waals surface area contributed by atoms with Gasteiger partial charge in [0.05, 0.1) is 10.8 Å². The number of carbonyl (C=O) groups excluding carboxylic acids is 1. The van der Waals surface area contributed by atoms with Gasteiger partial charge in [0.1, 0.15) is 6.29 Å². The smallest absolute Gasteiger partial charge is 0.218 e. The van der Waals surface area contributed by atoms with E-state index in [0.29, 0.717) is 18.3 Å². The van der Waals surface area contributed by atoms with Gasteiger partial charge in [0, 0.05) is 0 Å². The molecule has 13 heavy (non-hydrogen) atoms. The Kier molecular flexibility index (Phi) is 3.19. The van der Waals surface area contributed by atoms with Crippen molar-refractivity contribution in [3.63, 3.8) is 0 Å². The number of hydrogen-bond acceptors (Lipinski definition) is 3. The highest BCUT2D eigenvalue weighted by Crippen LogP contribution is 2.16. The van der Waals surface area contributed by atoms with Gasteiger partial charge < -0.3 is 4.79 Å². The Bertz CT molecular complexity index is 391. The van der Waals surface area contributed by atoms with E-state index in [2.05, 4.69) is 0 Å². The third kappa shape index (κ3) is 1.95. The van der Waals surface area contributed by atoms with E-state index in [1.54, 1.807) is 18.2 Å². The fourth-order valence-corrected chi connectivity index (χ4v) is 2.08. The summed E-state index contributed by atoms with van der Waals surface area (Å²) < 4.78 is 21.6. The number of hydrogen-bond donors (Lipinski definition) is 0. The predicted molar refractivity (Wildman–Crippen MR) is 51.0 cm³/mol. The standard InChI is InChI=1S/C9H10O3S/c1-2-7-4-3-5-8(6-10)9(7)13(11)12/h3-6,8H,2H2,1H3. The molecule has 0 bridgehead atoms. The number of rotatable bonds is 2. The van der Waals surface area contributed by atoms with Crippen LogP contribution in [-0.4, -0.2) is 19.6 Å². The molecule has 1 unspecified atom stereocenters. The fourth-order valence-electron chi connectivity index (χ4n) is 1.29. The van der Waals surface area contributed by atoms with E-state index in [9.17, 15) is 13.2 Å². The summed E-state index contributed by atoms with van der Waals surface area (Å²) in [5.74, 6) is -0.599. The zero-order chi connectivity index (χ0) is 9.84. The van der Waals surface area contributed by atoms with Crippen LogP contribution in [0.5, 0.6) is 0 Å². The summed E-state index contributed by atoms with van der Waals surface area (Å²) in [6, 6.07) is 0. The number of allylic oxidation sites excluding steroid dienone is 4. The van der Waals surface area contributed by atoms with Crippen LogP contribution in [0, 0.1) is 5.92 Å². The van der Waals surface area contributed by atoms with Crippen molar-refractivity contribution in [3.8, 4) is 0 Å². The second kappa shape index (κ2) is 4.18. The molecule has 1 rings (SSSR count). The van der Waals surface area contributed by atoms with Crippen molar-refractivity contribution in [2.75, 3.05) is 0 Å². The maximum Gasteiger partial charge on any atom is 0.218 e. The highest BCUT2D eigenvalue weighted by molar-refractivity contribution is 7.73. The summed E-state index contributed by atoms with van der Waals surface area (Å²) in [5.41, 5.74) is 0.716. The molecule has 0 saturated carbocycles. The van der Waals surface area contributed by atoms with Crippen LogP contribution >= 0.6 is 0 Å². The Balaban J connectivity index is 3.28. The second-order valence-corrected chi connectivity index (χ2v) is 3.60. The van der Waals surface area contributed by atoms with Crippen LogP contribution < -0.4 is 0 Å². The molecule has 0 fully saturated rings. The average Bonchev–Trinajstić information content (AvgIpc) is 2.16. The largest absolute Gasteiger partial charge is 0.302 e. The van der Waals surface area contributed by atoms with Crippen LogP contribution in [0.2, 0.25) is 0 Å². The molecule has 0 saturated heterocycles. The molecule has 4 heteroatoms. The molecule has 0 aromatic carbocycles. The monoisotopic (exact) mass is 198 g/mol. The summed E-state index contributed by atoms with van der Waals surface area (Å²) in [4.78, 5) is 10.8. The maximum absolute atomic E-state index is 10.8. The van der Waals surface area contributed by atoms with E-state index < -0.39 is 16.2 Å². The maximum atomic E-state index is 10.8. The second-order valence-electron chi connectivity index (χ2n) is 2.69. The lowest BCUT2D eigenvalue weighted by Gasteiger charge is -2.12. The first-order valence-electron chi connectivity index (χ1n) is 3.99. The molecule has 0 amide bonds. The van der Waals surface area contributed by atoms with E-state index in [0.717, 1.165) is 0 Å². The zero-order valence-corrected chi connectivity index (χ0v) is 8.04. The highest BCUT2D eigenvalue weighted by Gasteiger charge is 2.19. The molecule has 70 valence electrons. The molecule has 1 aliphatic rings. The van der Waals surface area contributed by atoms with Crippen molar-refractivity contribution in [3.05, 3.63) is 23.8 Å². The summed E-state index contributed by atoms with van der Waals surface area (Å²) in [6.07, 6.45) is 6.29. The van der Waals surface area contributed by atoms with Crippen molar-refractivity contribution in [2.24, 2.45) is 5.92 Å². The first kappa shape index (κ1) is 9.92. The zero-order valence-electron chi connectivity index (χ0n) is 7.23. The lowest BCUT2D eigenvalue weighted by molar-refractivity contribution is -0.108. The molecule has 0 aliphatic heterocycles. The quantitative estimate of drug-likeness (QED) is 0.486. The van der Waals surface area contributed by atoms with Gasteiger partial charge >= 0.3 is 0 Å². The van der Waals surface area contributed by atoms with E-state index in [-0.39, 0.29) is 4.86 Å². The Morgan fingerprint density at radius 1 is 1.54 bits per heavy atom. The molecule has 0 spiro atoms. The van der Waals surface area contributed by atoms with Gasteiger partial charge in [-0.2, -0.15) is 8.42 Å². The van der Waals surface area contributed by atoms with Crippen LogP contribution in [0.25, 0.3) is 0 Å². The van der Waals surface area contributed by atoms with E-state index in [4.69, 9.17) is 0 Å². The third-order valence-corrected chi connectivity index (χ3v) is 2.84. The summed E-state index contributed by atoms with van der Waals surface area (Å²) in [7, 11) is -2.30. The first-order valence-corrected chi connectivity index (χ1v) is 5.07. The van der Waals surface area contributed by atoms with Gasteiger partial charge in [0.2, 0.25) is 10.3 Å². The molecule has 1 atom stereocenters. The van der Waals surface area contributed by atoms with E-state index >= 15 is 0 Å². The summed E-state index contributed by atoms with van der Waals surface area (Å²) >= 11 is 0. The number of carbonyl (C=O) groups is 1. The van der Waals surface area contributed by atoms with Crippen molar-refractivity contribution in [1.29, 1.82) is 0 Å². The van der Waals surface area contributed by atoms with E-state index in [1.807, 2.05) is 6.92 Å². The Morgan fingerprint density at radius 2 is 2.23 bits per heavy atom. The Labute approximate surface area is 78.3 Å². The van der Waals surface area contributed by atoms with Crippen LogP contribution in [0.1, 0.15) is 13.3 Å². The van der Waals surface area contributed by atoms with Gasteiger partial charge in [0.15, 0.2) is 0 Å². The Hall–Kier alpha value is -1.16. The lowest BCUT2D eigenvalue weighted by Crippen LogP contribution is -2.19. The van der Waals surface area contributed by atoms with Crippen LogP contribution in [0.4, 0.5) is 0 Å². The van der Waals surface area contributed by atoms with Gasteiger partial charge in [-0.3, -0.25) is 0 Å². The SMILES string of the molecule is CCC1=CC=CC(C=O)C1=S(=O)=O. The average molecular weight is 198 g/mol. The highest BCUT2D eigenvalue weighted by atomic mass is 32.2. The normalized spacial score (nSPS) is 21.2. The third-order valence-electron chi connectivity index (χ3n) is 1.94. The molecule has 1 aliphatic carbocycles. The van der Waals surface area contributed by atoms with Crippen LogP contribution in [-0.2, 0) is 15.1 Å². The molecule has 0 aromatic rings. The Morgan fingerprint density at radius 3 is 2.69 bits per heavy atom. The molecular formula is C9H10O3S. The van der Waals surface area contributed by atoms with E-state index in [1.165, 1.54) is 0 Å². The number of aldehydes is 1. The van der Waals surface area contributed by atoms with Crippen molar-refractivity contribution >= 4 is 21.4 Å². The van der Waals surface area contributed by atoms with Crippen molar-refractivity contribution < 1.29 is 13.2 Å². The van der Waals surface area contributed by atoms with Gasteiger partial charge in [-0.25, -0.2) is 0 Å². The minimum Gasteiger partial charge on any atom is -0.302 e. The molecule has 0 N–H and O–H groups in total. The van der Waals surface area contributed by atoms with Crippen LogP contribution in [0.3, 0.4) is 0 Å². The summed E-state index contributed by atoms with van der Waals surface area (Å²) in [6.45, 7) is 1.86. The van der Waals surface area contributed by atoms with Crippen molar-refractivity contribution in [1.82, 2.24) is 0 Å². The molecule has 0 aromatic heterocycles. The minimum atomic E-state index is -2.30. The fraction of sp³-hybridized carbons (Fsp3) is 0.333. The van der Waals surface area contributed by atoms with Crippen molar-refractivity contribution in [2.45, 2.75) is 13.3 Å².